The molecule has 0 saturated carbocycles. The fraction of sp³-hybridized carbons (Fsp3) is 0.188. The van der Waals surface area contributed by atoms with E-state index in [1.807, 2.05) is 49.4 Å². The van der Waals surface area contributed by atoms with Crippen molar-refractivity contribution >= 4 is 17.6 Å². The Morgan fingerprint density at radius 2 is 1.63 bits per heavy atom. The molecule has 0 heterocycles. The molecule has 19 heavy (non-hydrogen) atoms. The van der Waals surface area contributed by atoms with E-state index in [-0.39, 0.29) is 5.97 Å². The van der Waals surface area contributed by atoms with E-state index in [2.05, 4.69) is 0 Å². The molecule has 2 nitrogen and oxygen atoms in total. The Balaban J connectivity index is 2.40. The number of esters is 1. The summed E-state index contributed by atoms with van der Waals surface area (Å²) in [7, 11) is 0. The minimum absolute atomic E-state index is 0.240. The highest BCUT2D eigenvalue weighted by atomic mass is 35.5. The van der Waals surface area contributed by atoms with Crippen LogP contribution in [0.25, 0.3) is 0 Å². The van der Waals surface area contributed by atoms with Crippen LogP contribution >= 0.6 is 11.6 Å². The molecule has 0 radical (unpaired) electrons. The van der Waals surface area contributed by atoms with E-state index in [0.29, 0.717) is 11.6 Å². The third-order valence-electron chi connectivity index (χ3n) is 2.86. The number of ether oxygens (including phenoxy) is 1. The highest BCUT2D eigenvalue weighted by Crippen LogP contribution is 2.27. The second-order valence-corrected chi connectivity index (χ2v) is 4.58. The number of hydrogen-bond acceptors (Lipinski definition) is 2. The summed E-state index contributed by atoms with van der Waals surface area (Å²) in [5, 5.41) is 0.652. The molecule has 2 rings (SSSR count). The Morgan fingerprint density at radius 3 is 2.21 bits per heavy atom. The molecule has 0 aliphatic rings. The van der Waals surface area contributed by atoms with Crippen molar-refractivity contribution in [3.05, 3.63) is 70.7 Å². The molecular weight excluding hydrogens is 260 g/mol. The van der Waals surface area contributed by atoms with E-state index < -0.39 is 5.92 Å². The highest BCUT2D eigenvalue weighted by molar-refractivity contribution is 6.30. The second-order valence-electron chi connectivity index (χ2n) is 4.15. The molecule has 3 heteroatoms. The summed E-state index contributed by atoms with van der Waals surface area (Å²) < 4.78 is 5.17. The van der Waals surface area contributed by atoms with Crippen molar-refractivity contribution in [3.63, 3.8) is 0 Å². The number of rotatable bonds is 4. The Kier molecular flexibility index (Phi) is 4.58. The molecule has 2 aromatic rings. The van der Waals surface area contributed by atoms with Crippen LogP contribution in [0, 0.1) is 0 Å². The van der Waals surface area contributed by atoms with Gasteiger partial charge in [0.05, 0.1) is 6.61 Å². The maximum Gasteiger partial charge on any atom is 0.317 e. The van der Waals surface area contributed by atoms with E-state index >= 15 is 0 Å². The van der Waals surface area contributed by atoms with Crippen molar-refractivity contribution in [3.8, 4) is 0 Å². The molecule has 0 saturated heterocycles. The van der Waals surface area contributed by atoms with Crippen molar-refractivity contribution < 1.29 is 9.53 Å². The van der Waals surface area contributed by atoms with Crippen molar-refractivity contribution in [2.75, 3.05) is 6.61 Å². The van der Waals surface area contributed by atoms with Crippen LogP contribution in [0.4, 0.5) is 0 Å². The Bertz CT molecular complexity index is 534. The lowest BCUT2D eigenvalue weighted by Gasteiger charge is -2.16. The second kappa shape index (κ2) is 6.39. The zero-order chi connectivity index (χ0) is 13.7. The average molecular weight is 275 g/mol. The molecule has 0 bridgehead atoms. The molecule has 0 spiro atoms. The summed E-state index contributed by atoms with van der Waals surface area (Å²) >= 11 is 5.89. The van der Waals surface area contributed by atoms with Crippen LogP contribution in [0.5, 0.6) is 0 Å². The molecule has 0 amide bonds. The zero-order valence-electron chi connectivity index (χ0n) is 10.7. The van der Waals surface area contributed by atoms with Gasteiger partial charge in [-0.05, 0) is 30.2 Å². The predicted octanol–water partition coefficient (Wildman–Crippen LogP) is 4.04. The van der Waals surface area contributed by atoms with Gasteiger partial charge in [-0.3, -0.25) is 4.79 Å². The van der Waals surface area contributed by atoms with Crippen molar-refractivity contribution in [1.29, 1.82) is 0 Å². The molecular formula is C16H15ClO2. The molecule has 98 valence electrons. The SMILES string of the molecule is CCOC(=O)C(c1ccccc1)c1ccc(Cl)cc1. The van der Waals surface area contributed by atoms with Gasteiger partial charge in [0.25, 0.3) is 0 Å². The summed E-state index contributed by atoms with van der Waals surface area (Å²) in [6, 6.07) is 16.9. The normalized spacial score (nSPS) is 11.9. The summed E-state index contributed by atoms with van der Waals surface area (Å²) in [4.78, 5) is 12.2. The molecule has 0 aromatic heterocycles. The molecule has 0 aliphatic carbocycles. The third kappa shape index (κ3) is 3.36. The fourth-order valence-electron chi connectivity index (χ4n) is 1.99. The van der Waals surface area contributed by atoms with Crippen molar-refractivity contribution in [2.45, 2.75) is 12.8 Å². The van der Waals surface area contributed by atoms with Gasteiger partial charge >= 0.3 is 5.97 Å². The van der Waals surface area contributed by atoms with Gasteiger partial charge in [0.1, 0.15) is 5.92 Å². The lowest BCUT2D eigenvalue weighted by Crippen LogP contribution is -2.17. The molecule has 1 atom stereocenters. The van der Waals surface area contributed by atoms with Gasteiger partial charge in [-0.15, -0.1) is 0 Å². The van der Waals surface area contributed by atoms with Gasteiger partial charge in [-0.1, -0.05) is 54.1 Å². The van der Waals surface area contributed by atoms with E-state index in [1.54, 1.807) is 12.1 Å². The minimum Gasteiger partial charge on any atom is -0.465 e. The first-order chi connectivity index (χ1) is 9.22. The first-order valence-corrected chi connectivity index (χ1v) is 6.57. The first-order valence-electron chi connectivity index (χ1n) is 6.19. The van der Waals surface area contributed by atoms with Crippen molar-refractivity contribution in [2.24, 2.45) is 0 Å². The van der Waals surface area contributed by atoms with E-state index in [0.717, 1.165) is 11.1 Å². The molecule has 0 N–H and O–H groups in total. The van der Waals surface area contributed by atoms with Gasteiger partial charge in [0, 0.05) is 5.02 Å². The number of carbonyl (C=O) groups excluding carboxylic acids is 1. The van der Waals surface area contributed by atoms with Gasteiger partial charge in [-0.2, -0.15) is 0 Å². The summed E-state index contributed by atoms with van der Waals surface area (Å²) in [6.45, 7) is 2.18. The summed E-state index contributed by atoms with van der Waals surface area (Å²) in [5.74, 6) is -0.644. The minimum atomic E-state index is -0.404. The Hall–Kier alpha value is -1.80. The maximum absolute atomic E-state index is 12.2. The van der Waals surface area contributed by atoms with E-state index in [9.17, 15) is 4.79 Å². The Morgan fingerprint density at radius 1 is 1.05 bits per heavy atom. The summed E-state index contributed by atoms with van der Waals surface area (Å²) in [6.07, 6.45) is 0. The maximum atomic E-state index is 12.2. The average Bonchev–Trinajstić information content (AvgIpc) is 2.43. The van der Waals surface area contributed by atoms with Gasteiger partial charge in [-0.25, -0.2) is 0 Å². The van der Waals surface area contributed by atoms with Gasteiger partial charge in [0.2, 0.25) is 0 Å². The standard InChI is InChI=1S/C16H15ClO2/c1-2-19-16(18)15(12-6-4-3-5-7-12)13-8-10-14(17)11-9-13/h3-11,15H,2H2,1H3. The van der Waals surface area contributed by atoms with Crippen molar-refractivity contribution in [1.82, 2.24) is 0 Å². The topological polar surface area (TPSA) is 26.3 Å². The monoisotopic (exact) mass is 274 g/mol. The quantitative estimate of drug-likeness (QED) is 0.787. The summed E-state index contributed by atoms with van der Waals surface area (Å²) in [5.41, 5.74) is 1.80. The van der Waals surface area contributed by atoms with Crippen LogP contribution in [0.2, 0.25) is 5.02 Å². The number of halogens is 1. The number of benzene rings is 2. The third-order valence-corrected chi connectivity index (χ3v) is 3.11. The van der Waals surface area contributed by atoms with Crippen LogP contribution < -0.4 is 0 Å². The Labute approximate surface area is 118 Å². The van der Waals surface area contributed by atoms with Crippen LogP contribution in [0.1, 0.15) is 24.0 Å². The number of hydrogen-bond donors (Lipinski definition) is 0. The zero-order valence-corrected chi connectivity index (χ0v) is 11.4. The highest BCUT2D eigenvalue weighted by Gasteiger charge is 2.23. The molecule has 1 unspecified atom stereocenters. The van der Waals surface area contributed by atoms with Crippen LogP contribution in [-0.2, 0) is 9.53 Å². The van der Waals surface area contributed by atoms with E-state index in [1.165, 1.54) is 0 Å². The smallest absolute Gasteiger partial charge is 0.317 e. The largest absolute Gasteiger partial charge is 0.465 e. The molecule has 0 fully saturated rings. The van der Waals surface area contributed by atoms with Crippen LogP contribution in [-0.4, -0.2) is 12.6 Å². The lowest BCUT2D eigenvalue weighted by molar-refractivity contribution is -0.143. The van der Waals surface area contributed by atoms with Gasteiger partial charge < -0.3 is 4.74 Å². The predicted molar refractivity (Wildman–Crippen MR) is 76.4 cm³/mol. The van der Waals surface area contributed by atoms with Gasteiger partial charge in [0.15, 0.2) is 0 Å². The first kappa shape index (κ1) is 13.6. The molecule has 0 aliphatic heterocycles. The van der Waals surface area contributed by atoms with Crippen LogP contribution in [0.3, 0.4) is 0 Å². The van der Waals surface area contributed by atoms with E-state index in [4.69, 9.17) is 16.3 Å². The molecule has 2 aromatic carbocycles. The van der Waals surface area contributed by atoms with Crippen LogP contribution in [0.15, 0.2) is 54.6 Å². The lowest BCUT2D eigenvalue weighted by atomic mass is 9.91. The fourth-order valence-corrected chi connectivity index (χ4v) is 2.12. The number of carbonyl (C=O) groups is 1.